The summed E-state index contributed by atoms with van der Waals surface area (Å²) >= 11 is 0. The normalized spacial score (nSPS) is 13.2. The van der Waals surface area contributed by atoms with Gasteiger partial charge in [0.2, 0.25) is 0 Å². The lowest BCUT2D eigenvalue weighted by molar-refractivity contribution is 0.100. The average Bonchev–Trinajstić information content (AvgIpc) is 2.70. The Balaban J connectivity index is 2.07. The molecule has 0 saturated heterocycles. The number of aromatic amines is 1. The number of hydrogen-bond acceptors (Lipinski definition) is 2. The van der Waals surface area contributed by atoms with Crippen molar-refractivity contribution in [1.29, 1.82) is 0 Å². The molecule has 2 rings (SSSR count). The lowest BCUT2D eigenvalue weighted by atomic mass is 10.1. The molecular weight excluding hydrogens is 290 g/mol. The van der Waals surface area contributed by atoms with Gasteiger partial charge >= 0.3 is 6.09 Å². The van der Waals surface area contributed by atoms with Gasteiger partial charge in [-0.25, -0.2) is 13.6 Å². The molecule has 1 heterocycles. The summed E-state index contributed by atoms with van der Waals surface area (Å²) in [5.41, 5.74) is 0.906. The highest BCUT2D eigenvalue weighted by Gasteiger charge is 2.18. The second-order valence-corrected chi connectivity index (χ2v) is 6.42. The zero-order valence-electron chi connectivity index (χ0n) is 13.1. The second kappa shape index (κ2) is 5.94. The number of hydrogen-bond donors (Lipinski definition) is 2. The molecule has 0 fully saturated rings. The Hall–Kier alpha value is -2.11. The Morgan fingerprint density at radius 2 is 1.95 bits per heavy atom. The third kappa shape index (κ3) is 3.96. The van der Waals surface area contributed by atoms with Crippen LogP contribution in [0.25, 0.3) is 10.9 Å². The second-order valence-electron chi connectivity index (χ2n) is 6.42. The number of carbonyl (C=O) groups excluding carboxylic acids is 1. The van der Waals surface area contributed by atoms with Gasteiger partial charge in [0.25, 0.3) is 0 Å². The summed E-state index contributed by atoms with van der Waals surface area (Å²) in [5, 5.41) is 3.29. The number of halogens is 2. The molecule has 0 aliphatic carbocycles. The zero-order valence-corrected chi connectivity index (χ0v) is 13.1. The largest absolute Gasteiger partial charge is 0.446 e. The molecule has 1 aromatic carbocycles. The van der Waals surface area contributed by atoms with E-state index in [2.05, 4.69) is 10.3 Å². The number of H-pyrrole nitrogens is 1. The van der Waals surface area contributed by atoms with Crippen molar-refractivity contribution >= 4 is 17.0 Å². The Kier molecular flexibility index (Phi) is 4.39. The van der Waals surface area contributed by atoms with Gasteiger partial charge in [0.15, 0.2) is 11.6 Å². The molecule has 2 aromatic rings. The summed E-state index contributed by atoms with van der Waals surface area (Å²) in [6, 6.07) is 2.27. The van der Waals surface area contributed by atoms with Crippen molar-refractivity contribution in [2.45, 2.75) is 45.8 Å². The van der Waals surface area contributed by atoms with Crippen molar-refractivity contribution in [1.82, 2.24) is 10.3 Å². The Morgan fingerprint density at radius 3 is 2.59 bits per heavy atom. The van der Waals surface area contributed by atoms with E-state index < -0.39 is 23.8 Å². The standard InChI is InChI=1S/C16H20F2N2O2/c1-9(22-15(21)20-16(2,3)4)5-10-8-19-14-7-13(18)12(17)6-11(10)14/h6-9,19H,5H2,1-4H3,(H,20,21)/t9-/m1/s1. The topological polar surface area (TPSA) is 54.1 Å². The lowest BCUT2D eigenvalue weighted by Gasteiger charge is -2.22. The molecule has 0 spiro atoms. The fourth-order valence-electron chi connectivity index (χ4n) is 2.21. The van der Waals surface area contributed by atoms with Gasteiger partial charge < -0.3 is 15.0 Å². The summed E-state index contributed by atoms with van der Waals surface area (Å²) in [7, 11) is 0. The molecule has 0 aliphatic rings. The van der Waals surface area contributed by atoms with E-state index in [1.165, 1.54) is 0 Å². The van der Waals surface area contributed by atoms with Crippen LogP contribution in [0.1, 0.15) is 33.3 Å². The van der Waals surface area contributed by atoms with Crippen LogP contribution in [0.15, 0.2) is 18.3 Å². The monoisotopic (exact) mass is 310 g/mol. The highest BCUT2D eigenvalue weighted by Crippen LogP contribution is 2.23. The minimum absolute atomic E-state index is 0.377. The van der Waals surface area contributed by atoms with Gasteiger partial charge in [-0.1, -0.05) is 0 Å². The third-order valence-corrected chi connectivity index (χ3v) is 3.10. The summed E-state index contributed by atoms with van der Waals surface area (Å²) in [5.74, 6) is -1.79. The average molecular weight is 310 g/mol. The van der Waals surface area contributed by atoms with Crippen LogP contribution >= 0.6 is 0 Å². The lowest BCUT2D eigenvalue weighted by Crippen LogP contribution is -2.42. The highest BCUT2D eigenvalue weighted by molar-refractivity contribution is 5.83. The van der Waals surface area contributed by atoms with Gasteiger partial charge in [-0.3, -0.25) is 0 Å². The van der Waals surface area contributed by atoms with Crippen molar-refractivity contribution < 1.29 is 18.3 Å². The molecule has 0 aliphatic heterocycles. The number of amides is 1. The smallest absolute Gasteiger partial charge is 0.407 e. The summed E-state index contributed by atoms with van der Waals surface area (Å²) in [6.07, 6.45) is 1.18. The van der Waals surface area contributed by atoms with Crippen LogP contribution in [0, 0.1) is 11.6 Å². The first-order valence-electron chi connectivity index (χ1n) is 7.09. The molecule has 0 saturated carbocycles. The molecular formula is C16H20F2N2O2. The summed E-state index contributed by atoms with van der Waals surface area (Å²) in [6.45, 7) is 7.32. The fraction of sp³-hybridized carbons (Fsp3) is 0.438. The van der Waals surface area contributed by atoms with E-state index in [9.17, 15) is 13.6 Å². The maximum absolute atomic E-state index is 13.4. The molecule has 6 heteroatoms. The SMILES string of the molecule is C[C@H](Cc1c[nH]c2cc(F)c(F)cc12)OC(=O)NC(C)(C)C. The van der Waals surface area contributed by atoms with Crippen LogP contribution in [-0.4, -0.2) is 22.7 Å². The minimum atomic E-state index is -0.896. The van der Waals surface area contributed by atoms with Gasteiger partial charge in [0.05, 0.1) is 0 Å². The first-order valence-corrected chi connectivity index (χ1v) is 7.09. The van der Waals surface area contributed by atoms with Crippen molar-refractivity contribution in [2.75, 3.05) is 0 Å². The Bertz CT molecular complexity index is 689. The first-order chi connectivity index (χ1) is 10.2. The number of alkyl carbamates (subject to hydrolysis) is 1. The van der Waals surface area contributed by atoms with E-state index in [4.69, 9.17) is 4.74 Å². The van der Waals surface area contributed by atoms with Crippen molar-refractivity contribution in [3.8, 4) is 0 Å². The molecule has 1 aromatic heterocycles. The van der Waals surface area contributed by atoms with E-state index in [-0.39, 0.29) is 5.54 Å². The quantitative estimate of drug-likeness (QED) is 0.903. The number of aromatic nitrogens is 1. The van der Waals surface area contributed by atoms with Gasteiger partial charge in [0.1, 0.15) is 6.10 Å². The van der Waals surface area contributed by atoms with Crippen LogP contribution in [0.5, 0.6) is 0 Å². The molecule has 2 N–H and O–H groups in total. The van der Waals surface area contributed by atoms with Crippen LogP contribution in [0.3, 0.4) is 0 Å². The maximum atomic E-state index is 13.4. The fourth-order valence-corrected chi connectivity index (χ4v) is 2.21. The third-order valence-electron chi connectivity index (χ3n) is 3.10. The van der Waals surface area contributed by atoms with Crippen molar-refractivity contribution in [3.63, 3.8) is 0 Å². The van der Waals surface area contributed by atoms with Crippen molar-refractivity contribution in [2.24, 2.45) is 0 Å². The molecule has 1 amide bonds. The Morgan fingerprint density at radius 1 is 1.32 bits per heavy atom. The van der Waals surface area contributed by atoms with E-state index in [0.29, 0.717) is 17.3 Å². The predicted molar refractivity (Wildman–Crippen MR) is 80.8 cm³/mol. The van der Waals surface area contributed by atoms with Gasteiger partial charge in [0, 0.05) is 35.1 Å². The van der Waals surface area contributed by atoms with Crippen LogP contribution in [0.2, 0.25) is 0 Å². The van der Waals surface area contributed by atoms with Gasteiger partial charge in [-0.2, -0.15) is 0 Å². The minimum Gasteiger partial charge on any atom is -0.446 e. The highest BCUT2D eigenvalue weighted by atomic mass is 19.2. The van der Waals surface area contributed by atoms with Gasteiger partial charge in [-0.05, 0) is 39.3 Å². The molecule has 1 atom stereocenters. The van der Waals surface area contributed by atoms with Crippen LogP contribution in [0.4, 0.5) is 13.6 Å². The molecule has 0 radical (unpaired) electrons. The summed E-state index contributed by atoms with van der Waals surface area (Å²) in [4.78, 5) is 14.6. The van der Waals surface area contributed by atoms with E-state index in [0.717, 1.165) is 17.7 Å². The van der Waals surface area contributed by atoms with Crippen LogP contribution in [-0.2, 0) is 11.2 Å². The van der Waals surface area contributed by atoms with E-state index in [1.807, 2.05) is 20.8 Å². The number of ether oxygens (including phenoxy) is 1. The van der Waals surface area contributed by atoms with Crippen LogP contribution < -0.4 is 5.32 Å². The maximum Gasteiger partial charge on any atom is 0.407 e. The van der Waals surface area contributed by atoms with Gasteiger partial charge in [-0.15, -0.1) is 0 Å². The molecule has 4 nitrogen and oxygen atoms in total. The number of nitrogens with one attached hydrogen (secondary N) is 2. The van der Waals surface area contributed by atoms with E-state index in [1.54, 1.807) is 13.1 Å². The predicted octanol–water partition coefficient (Wildman–Crippen LogP) is 3.90. The summed E-state index contributed by atoms with van der Waals surface area (Å²) < 4.78 is 31.8. The zero-order chi connectivity index (χ0) is 16.5. The first kappa shape index (κ1) is 16.3. The number of rotatable bonds is 3. The molecule has 120 valence electrons. The molecule has 22 heavy (non-hydrogen) atoms. The number of carbonyl (C=O) groups is 1. The Labute approximate surface area is 127 Å². The van der Waals surface area contributed by atoms with E-state index >= 15 is 0 Å². The molecule has 0 bridgehead atoms. The molecule has 0 unspecified atom stereocenters. The van der Waals surface area contributed by atoms with Crippen molar-refractivity contribution in [3.05, 3.63) is 35.5 Å². The number of fused-ring (bicyclic) bond motifs is 1. The number of benzene rings is 1.